The number of halogens is 1. The van der Waals surface area contributed by atoms with Gasteiger partial charge in [0.1, 0.15) is 5.69 Å². The van der Waals surface area contributed by atoms with Gasteiger partial charge in [-0.15, -0.1) is 0 Å². The van der Waals surface area contributed by atoms with E-state index in [4.69, 9.17) is 11.6 Å². The number of nitro benzene ring substituents is 1. The molecule has 0 aliphatic rings. The van der Waals surface area contributed by atoms with E-state index in [9.17, 15) is 14.9 Å². The zero-order valence-corrected chi connectivity index (χ0v) is 10.6. The molecule has 0 aliphatic heterocycles. The number of carbonyl (C=O) groups is 1. The van der Waals surface area contributed by atoms with Crippen LogP contribution in [0.25, 0.3) is 0 Å². The van der Waals surface area contributed by atoms with Gasteiger partial charge in [0, 0.05) is 24.3 Å². The van der Waals surface area contributed by atoms with E-state index in [0.29, 0.717) is 0 Å². The van der Waals surface area contributed by atoms with Crippen LogP contribution < -0.4 is 5.32 Å². The van der Waals surface area contributed by atoms with E-state index in [1.54, 1.807) is 13.2 Å². The Morgan fingerprint density at radius 3 is 2.79 bits per heavy atom. The number of hydrogen-bond acceptors (Lipinski definition) is 4. The predicted octanol–water partition coefficient (Wildman–Crippen LogP) is 2.23. The highest BCUT2D eigenvalue weighted by atomic mass is 35.5. The van der Waals surface area contributed by atoms with Crippen LogP contribution in [0.3, 0.4) is 0 Å². The van der Waals surface area contributed by atoms with Crippen LogP contribution in [-0.2, 0) is 7.05 Å². The molecule has 2 aromatic rings. The van der Waals surface area contributed by atoms with Gasteiger partial charge < -0.3 is 5.32 Å². The fourth-order valence-corrected chi connectivity index (χ4v) is 1.65. The topological polar surface area (TPSA) is 90.1 Å². The van der Waals surface area contributed by atoms with Crippen LogP contribution in [0.2, 0.25) is 5.02 Å². The summed E-state index contributed by atoms with van der Waals surface area (Å²) in [5.41, 5.74) is -0.0198. The minimum atomic E-state index is -0.611. The fourth-order valence-electron chi connectivity index (χ4n) is 1.48. The Balaban J connectivity index is 2.28. The van der Waals surface area contributed by atoms with Crippen molar-refractivity contribution in [3.63, 3.8) is 0 Å². The lowest BCUT2D eigenvalue weighted by atomic mass is 10.2. The molecule has 8 heteroatoms. The third kappa shape index (κ3) is 2.89. The second kappa shape index (κ2) is 5.07. The lowest BCUT2D eigenvalue weighted by molar-refractivity contribution is -0.383. The number of anilines is 1. The second-order valence-electron chi connectivity index (χ2n) is 3.75. The van der Waals surface area contributed by atoms with Crippen molar-refractivity contribution in [1.29, 1.82) is 0 Å². The monoisotopic (exact) mass is 280 g/mol. The Morgan fingerprint density at radius 2 is 2.21 bits per heavy atom. The Labute approximate surface area is 112 Å². The van der Waals surface area contributed by atoms with E-state index < -0.39 is 10.8 Å². The largest absolute Gasteiger partial charge is 0.315 e. The van der Waals surface area contributed by atoms with Crippen LogP contribution in [0.5, 0.6) is 0 Å². The maximum Gasteiger partial charge on any atom is 0.294 e. The number of nitro groups is 1. The lowest BCUT2D eigenvalue weighted by Crippen LogP contribution is -2.14. The smallest absolute Gasteiger partial charge is 0.294 e. The third-order valence-electron chi connectivity index (χ3n) is 2.35. The SMILES string of the molecule is Cn1ccc(C(=O)Nc2ccc(Cl)cc2[N+](=O)[O-])n1. The number of benzene rings is 1. The summed E-state index contributed by atoms with van der Waals surface area (Å²) >= 11 is 5.68. The summed E-state index contributed by atoms with van der Waals surface area (Å²) < 4.78 is 1.46. The van der Waals surface area contributed by atoms with Gasteiger partial charge in [-0.3, -0.25) is 19.6 Å². The van der Waals surface area contributed by atoms with E-state index in [1.807, 2.05) is 0 Å². The molecule has 1 aromatic heterocycles. The highest BCUT2D eigenvalue weighted by Crippen LogP contribution is 2.27. The van der Waals surface area contributed by atoms with Crippen LogP contribution in [0, 0.1) is 10.1 Å². The second-order valence-corrected chi connectivity index (χ2v) is 4.18. The normalized spacial score (nSPS) is 10.2. The summed E-state index contributed by atoms with van der Waals surface area (Å²) in [6.07, 6.45) is 1.60. The van der Waals surface area contributed by atoms with E-state index in [0.717, 1.165) is 0 Å². The molecule has 1 N–H and O–H groups in total. The van der Waals surface area contributed by atoms with Crippen LogP contribution >= 0.6 is 11.6 Å². The van der Waals surface area contributed by atoms with Crippen molar-refractivity contribution in [1.82, 2.24) is 9.78 Å². The van der Waals surface area contributed by atoms with Crippen molar-refractivity contribution >= 4 is 28.9 Å². The average molecular weight is 281 g/mol. The molecule has 1 aromatic carbocycles. The number of carbonyl (C=O) groups excluding carboxylic acids is 1. The molecular weight excluding hydrogens is 272 g/mol. The summed E-state index contributed by atoms with van der Waals surface area (Å²) in [6, 6.07) is 5.52. The summed E-state index contributed by atoms with van der Waals surface area (Å²) in [7, 11) is 1.67. The molecule has 0 radical (unpaired) electrons. The van der Waals surface area contributed by atoms with E-state index in [2.05, 4.69) is 10.4 Å². The first-order chi connectivity index (χ1) is 8.97. The first-order valence-electron chi connectivity index (χ1n) is 5.22. The number of rotatable bonds is 3. The van der Waals surface area contributed by atoms with Crippen LogP contribution in [0.4, 0.5) is 11.4 Å². The lowest BCUT2D eigenvalue weighted by Gasteiger charge is -2.04. The Kier molecular flexibility index (Phi) is 3.48. The molecule has 0 spiro atoms. The van der Waals surface area contributed by atoms with Crippen molar-refractivity contribution < 1.29 is 9.72 Å². The number of nitrogens with one attached hydrogen (secondary N) is 1. The molecular formula is C11H9ClN4O3. The molecule has 0 unspecified atom stereocenters. The quantitative estimate of drug-likeness (QED) is 0.689. The van der Waals surface area contributed by atoms with Gasteiger partial charge in [0.2, 0.25) is 0 Å². The molecule has 1 heterocycles. The van der Waals surface area contributed by atoms with Crippen molar-refractivity contribution in [2.75, 3.05) is 5.32 Å². The van der Waals surface area contributed by atoms with Gasteiger partial charge in [-0.25, -0.2) is 0 Å². The van der Waals surface area contributed by atoms with Crippen molar-refractivity contribution in [3.05, 3.63) is 51.3 Å². The van der Waals surface area contributed by atoms with Crippen molar-refractivity contribution in [2.45, 2.75) is 0 Å². The Bertz CT molecular complexity index is 653. The predicted molar refractivity (Wildman–Crippen MR) is 69.3 cm³/mol. The standard InChI is InChI=1S/C11H9ClN4O3/c1-15-5-4-9(14-15)11(17)13-8-3-2-7(12)6-10(8)16(18)19/h2-6H,1H3,(H,13,17). The third-order valence-corrected chi connectivity index (χ3v) is 2.59. The van der Waals surface area contributed by atoms with Crippen LogP contribution in [0.1, 0.15) is 10.5 Å². The van der Waals surface area contributed by atoms with Crippen LogP contribution in [0.15, 0.2) is 30.5 Å². The summed E-state index contributed by atoms with van der Waals surface area (Å²) in [4.78, 5) is 22.1. The average Bonchev–Trinajstić information content (AvgIpc) is 2.78. The number of amides is 1. The summed E-state index contributed by atoms with van der Waals surface area (Å²) in [6.45, 7) is 0. The van der Waals surface area contributed by atoms with Gasteiger partial charge in [-0.2, -0.15) is 5.10 Å². The van der Waals surface area contributed by atoms with Gasteiger partial charge in [-0.05, 0) is 18.2 Å². The van der Waals surface area contributed by atoms with Crippen molar-refractivity contribution in [3.8, 4) is 0 Å². The first-order valence-corrected chi connectivity index (χ1v) is 5.60. The maximum atomic E-state index is 11.8. The van der Waals surface area contributed by atoms with E-state index in [1.165, 1.54) is 28.9 Å². The molecule has 0 saturated heterocycles. The zero-order valence-electron chi connectivity index (χ0n) is 9.83. The molecule has 1 amide bonds. The molecule has 98 valence electrons. The molecule has 7 nitrogen and oxygen atoms in total. The summed E-state index contributed by atoms with van der Waals surface area (Å²) in [5, 5.41) is 17.4. The zero-order chi connectivity index (χ0) is 14.0. The molecule has 0 bridgehead atoms. The van der Waals surface area contributed by atoms with Gasteiger partial charge in [0.25, 0.3) is 11.6 Å². The molecule has 19 heavy (non-hydrogen) atoms. The molecule has 2 rings (SSSR count). The molecule has 0 fully saturated rings. The minimum Gasteiger partial charge on any atom is -0.315 e. The highest BCUT2D eigenvalue weighted by Gasteiger charge is 2.18. The molecule has 0 aliphatic carbocycles. The van der Waals surface area contributed by atoms with Crippen LogP contribution in [-0.4, -0.2) is 20.6 Å². The van der Waals surface area contributed by atoms with Gasteiger partial charge >= 0.3 is 0 Å². The minimum absolute atomic E-state index is 0.0741. The number of nitrogens with zero attached hydrogens (tertiary/aromatic N) is 3. The molecule has 0 atom stereocenters. The first kappa shape index (κ1) is 13.0. The Morgan fingerprint density at radius 1 is 1.47 bits per heavy atom. The number of hydrogen-bond donors (Lipinski definition) is 1. The number of aryl methyl sites for hydroxylation is 1. The van der Waals surface area contributed by atoms with Crippen molar-refractivity contribution in [2.24, 2.45) is 7.05 Å². The van der Waals surface area contributed by atoms with E-state index in [-0.39, 0.29) is 22.1 Å². The number of aromatic nitrogens is 2. The Hall–Kier alpha value is -2.41. The van der Waals surface area contributed by atoms with E-state index >= 15 is 0 Å². The highest BCUT2D eigenvalue weighted by molar-refractivity contribution is 6.31. The summed E-state index contributed by atoms with van der Waals surface area (Å²) in [5.74, 6) is -0.522. The fraction of sp³-hybridized carbons (Fsp3) is 0.0909. The van der Waals surface area contributed by atoms with Gasteiger partial charge in [0.15, 0.2) is 5.69 Å². The van der Waals surface area contributed by atoms with Gasteiger partial charge in [0.05, 0.1) is 4.92 Å². The maximum absolute atomic E-state index is 11.8. The van der Waals surface area contributed by atoms with Gasteiger partial charge in [-0.1, -0.05) is 11.6 Å². The molecule has 0 saturated carbocycles.